The predicted octanol–water partition coefficient (Wildman–Crippen LogP) is 8.90. The number of benzene rings is 3. The van der Waals surface area contributed by atoms with Crippen molar-refractivity contribution in [3.05, 3.63) is 121 Å². The van der Waals surface area contributed by atoms with Gasteiger partial charge in [0, 0.05) is 37.9 Å². The molecule has 3 heterocycles. The van der Waals surface area contributed by atoms with E-state index in [1.54, 1.807) is 6.20 Å². The molecule has 3 aromatic heterocycles. The summed E-state index contributed by atoms with van der Waals surface area (Å²) in [6, 6.07) is 37.0. The Bertz CT molecular complexity index is 1660. The normalized spacial score (nSPS) is 19.4. The van der Waals surface area contributed by atoms with Gasteiger partial charge >= 0.3 is 0 Å². The van der Waals surface area contributed by atoms with Crippen molar-refractivity contribution in [2.45, 2.75) is 31.6 Å². The molecule has 0 aliphatic heterocycles. The van der Waals surface area contributed by atoms with E-state index in [2.05, 4.69) is 52.4 Å². The summed E-state index contributed by atoms with van der Waals surface area (Å²) in [5.41, 5.74) is 7.23. The minimum absolute atomic E-state index is 0. The van der Waals surface area contributed by atoms with Gasteiger partial charge in [-0.1, -0.05) is 59.3 Å². The molecule has 2 aliphatic carbocycles. The molecule has 3 nitrogen and oxygen atoms in total. The zero-order valence-electron chi connectivity index (χ0n) is 21.5. The van der Waals surface area contributed by atoms with Crippen molar-refractivity contribution in [1.82, 2.24) is 9.97 Å². The number of hydrogen-bond acceptors (Lipinski definition) is 3. The Morgan fingerprint density at radius 1 is 0.718 bits per heavy atom. The molecule has 195 valence electrons. The van der Waals surface area contributed by atoms with Crippen LogP contribution in [0.25, 0.3) is 44.5 Å². The van der Waals surface area contributed by atoms with Crippen molar-refractivity contribution in [2.75, 3.05) is 0 Å². The molecule has 0 saturated heterocycles. The molecule has 8 rings (SSSR count). The molecule has 3 aromatic carbocycles. The second-order valence-electron chi connectivity index (χ2n) is 10.4. The Morgan fingerprint density at radius 3 is 2.38 bits per heavy atom. The van der Waals surface area contributed by atoms with Crippen molar-refractivity contribution >= 4 is 21.9 Å². The van der Waals surface area contributed by atoms with Crippen LogP contribution in [0.4, 0.5) is 0 Å². The minimum Gasteiger partial charge on any atom is -0.501 e. The van der Waals surface area contributed by atoms with Gasteiger partial charge in [-0.05, 0) is 66.6 Å². The van der Waals surface area contributed by atoms with E-state index in [1.807, 2.05) is 66.9 Å². The number of pyridine rings is 2. The Hall–Kier alpha value is -3.59. The van der Waals surface area contributed by atoms with E-state index >= 15 is 0 Å². The molecule has 2 bridgehead atoms. The molecule has 2 fully saturated rings. The van der Waals surface area contributed by atoms with E-state index in [0.29, 0.717) is 5.92 Å². The van der Waals surface area contributed by atoms with Crippen LogP contribution in [0.5, 0.6) is 0 Å². The van der Waals surface area contributed by atoms with Crippen LogP contribution < -0.4 is 0 Å². The smallest absolute Gasteiger partial charge is 0.120 e. The van der Waals surface area contributed by atoms with Crippen molar-refractivity contribution in [1.29, 1.82) is 0 Å². The molecule has 4 heteroatoms. The maximum absolute atomic E-state index is 6.18. The first-order valence-corrected chi connectivity index (χ1v) is 13.5. The molecule has 0 N–H and O–H groups in total. The molecule has 3 atom stereocenters. The first-order valence-electron chi connectivity index (χ1n) is 13.5. The van der Waals surface area contributed by atoms with Crippen molar-refractivity contribution in [3.63, 3.8) is 0 Å². The monoisotopic (exact) mass is 685 g/mol. The summed E-state index contributed by atoms with van der Waals surface area (Å²) in [5.74, 6) is 2.54. The summed E-state index contributed by atoms with van der Waals surface area (Å²) < 4.78 is 6.18. The Labute approximate surface area is 242 Å². The van der Waals surface area contributed by atoms with Gasteiger partial charge in [0.2, 0.25) is 0 Å². The maximum atomic E-state index is 6.18. The van der Waals surface area contributed by atoms with Crippen LogP contribution in [-0.2, 0) is 20.1 Å². The minimum atomic E-state index is 0. The third kappa shape index (κ3) is 5.07. The van der Waals surface area contributed by atoms with Gasteiger partial charge in [0.1, 0.15) is 5.58 Å². The summed E-state index contributed by atoms with van der Waals surface area (Å²) in [5, 5.41) is 2.29. The molecule has 2 saturated carbocycles. The fraction of sp³-hybridized carbons (Fsp3) is 0.200. The number of fused-ring (bicyclic) bond motifs is 5. The first kappa shape index (κ1) is 25.7. The predicted molar refractivity (Wildman–Crippen MR) is 152 cm³/mol. The number of aromatic nitrogens is 2. The van der Waals surface area contributed by atoms with Crippen LogP contribution in [0.3, 0.4) is 0 Å². The van der Waals surface area contributed by atoms with Gasteiger partial charge in [-0.3, -0.25) is 0 Å². The number of para-hydroxylation sites is 1. The van der Waals surface area contributed by atoms with E-state index in [1.165, 1.54) is 31.2 Å². The molecule has 2 aliphatic rings. The van der Waals surface area contributed by atoms with Gasteiger partial charge in [0.05, 0.1) is 5.58 Å². The Morgan fingerprint density at radius 2 is 1.59 bits per heavy atom. The third-order valence-corrected chi connectivity index (χ3v) is 8.19. The molecule has 39 heavy (non-hydrogen) atoms. The molecule has 0 amide bonds. The quantitative estimate of drug-likeness (QED) is 0.175. The SMILES string of the molecule is [Ir].[c-]1ccc2c(oc3ccccc32)c1-c1cc(C2CC3CCC2C3)ccn1.[c-]1ccccc1-c1ccccn1. The average molecular weight is 685 g/mol. The molecule has 6 aromatic rings. The summed E-state index contributed by atoms with van der Waals surface area (Å²) in [6.45, 7) is 0. The van der Waals surface area contributed by atoms with Crippen LogP contribution in [0.2, 0.25) is 0 Å². The van der Waals surface area contributed by atoms with Gasteiger partial charge in [-0.2, -0.15) is 0 Å². The van der Waals surface area contributed by atoms with Crippen molar-refractivity contribution < 1.29 is 24.5 Å². The molecular weight excluding hydrogens is 657 g/mol. The van der Waals surface area contributed by atoms with Gasteiger partial charge < -0.3 is 14.4 Å². The summed E-state index contributed by atoms with van der Waals surface area (Å²) in [6.07, 6.45) is 9.37. The summed E-state index contributed by atoms with van der Waals surface area (Å²) >= 11 is 0. The third-order valence-electron chi connectivity index (χ3n) is 8.19. The van der Waals surface area contributed by atoms with Crippen LogP contribution in [0, 0.1) is 24.0 Å². The van der Waals surface area contributed by atoms with Gasteiger partial charge in [0.25, 0.3) is 0 Å². The fourth-order valence-electron chi connectivity index (χ4n) is 6.42. The first-order chi connectivity index (χ1) is 18.8. The Kier molecular flexibility index (Phi) is 7.41. The van der Waals surface area contributed by atoms with E-state index in [9.17, 15) is 0 Å². The fourth-order valence-corrected chi connectivity index (χ4v) is 6.42. The molecular formula is C35H28IrN2O-2. The van der Waals surface area contributed by atoms with Crippen LogP contribution in [0.1, 0.15) is 37.2 Å². The topological polar surface area (TPSA) is 38.9 Å². The second kappa shape index (κ2) is 11.3. The number of hydrogen-bond donors (Lipinski definition) is 0. The second-order valence-corrected chi connectivity index (χ2v) is 10.4. The zero-order valence-corrected chi connectivity index (χ0v) is 23.9. The van der Waals surface area contributed by atoms with Crippen molar-refractivity contribution in [3.8, 4) is 22.5 Å². The largest absolute Gasteiger partial charge is 0.501 e. The van der Waals surface area contributed by atoms with Gasteiger partial charge in [-0.25, -0.2) is 0 Å². The zero-order chi connectivity index (χ0) is 25.3. The van der Waals surface area contributed by atoms with E-state index in [0.717, 1.165) is 56.3 Å². The summed E-state index contributed by atoms with van der Waals surface area (Å²) in [7, 11) is 0. The molecule has 1 radical (unpaired) electrons. The maximum Gasteiger partial charge on any atom is 0.120 e. The summed E-state index contributed by atoms with van der Waals surface area (Å²) in [4.78, 5) is 8.89. The number of nitrogens with zero attached hydrogens (tertiary/aromatic N) is 2. The average Bonchev–Trinajstić information content (AvgIpc) is 3.73. The van der Waals surface area contributed by atoms with Crippen molar-refractivity contribution in [2.24, 2.45) is 11.8 Å². The van der Waals surface area contributed by atoms with Gasteiger partial charge in [-0.15, -0.1) is 54.1 Å². The molecule has 3 unspecified atom stereocenters. The van der Waals surface area contributed by atoms with Gasteiger partial charge in [0.15, 0.2) is 0 Å². The van der Waals surface area contributed by atoms with E-state index in [-0.39, 0.29) is 20.1 Å². The van der Waals surface area contributed by atoms with E-state index in [4.69, 9.17) is 4.42 Å². The molecule has 0 spiro atoms. The number of furan rings is 1. The van der Waals surface area contributed by atoms with Crippen LogP contribution >= 0.6 is 0 Å². The number of rotatable bonds is 3. The Balaban J connectivity index is 0.000000180. The van der Waals surface area contributed by atoms with E-state index < -0.39 is 0 Å². The van der Waals surface area contributed by atoms with Crippen LogP contribution in [0.15, 0.2) is 108 Å². The standard InChI is InChI=1S/C24H20NO.C11H8N.Ir/c1-2-7-23-18(4-1)19-5-3-6-20(24(19)26-23)22-14-17(10-11-25-22)21-13-15-8-9-16(21)12-15;1-2-6-10(7-3-1)11-8-4-5-9-12-11;/h1-5,7,10-11,14-16,21H,8-9,12-13H2;1-6,8-9H;/q2*-1;. The van der Waals surface area contributed by atoms with Crippen LogP contribution in [-0.4, -0.2) is 9.97 Å².